The smallest absolute Gasteiger partial charge is 0.237 e. The van der Waals surface area contributed by atoms with Crippen LogP contribution in [-0.4, -0.2) is 43.3 Å². The first-order valence-electron chi connectivity index (χ1n) is 10.6. The van der Waals surface area contributed by atoms with Crippen molar-refractivity contribution in [2.75, 3.05) is 23.5 Å². The molecule has 9 nitrogen and oxygen atoms in total. The van der Waals surface area contributed by atoms with E-state index in [-0.39, 0.29) is 18.4 Å². The van der Waals surface area contributed by atoms with Crippen molar-refractivity contribution in [3.8, 4) is 11.8 Å². The maximum absolute atomic E-state index is 11.4. The molecule has 0 aliphatic heterocycles. The molecule has 3 N–H and O–H groups in total. The van der Waals surface area contributed by atoms with Gasteiger partial charge in [0.25, 0.3) is 0 Å². The van der Waals surface area contributed by atoms with Crippen LogP contribution in [0.3, 0.4) is 0 Å². The fourth-order valence-electron chi connectivity index (χ4n) is 3.26. The maximum Gasteiger partial charge on any atom is 0.237 e. The number of aromatic nitrogens is 2. The highest BCUT2D eigenvalue weighted by Gasteiger charge is 2.23. The Morgan fingerprint density at radius 1 is 1.33 bits per heavy atom. The van der Waals surface area contributed by atoms with E-state index in [0.717, 1.165) is 11.8 Å². The molecule has 0 radical (unpaired) electrons. The molecule has 2 aromatic carbocycles. The van der Waals surface area contributed by atoms with Crippen LogP contribution < -0.4 is 15.2 Å². The number of nitrogens with zero attached hydrogens (tertiary/aromatic N) is 4. The van der Waals surface area contributed by atoms with Gasteiger partial charge in [-0.2, -0.15) is 5.26 Å². The normalized spacial score (nSPS) is 12.6. The highest BCUT2D eigenvalue weighted by atomic mass is 35.5. The lowest BCUT2D eigenvalue weighted by molar-refractivity contribution is 0.341. The molecule has 0 fully saturated rings. The molecule has 0 amide bonds. The molecule has 0 aliphatic rings. The number of halogens is 2. The summed E-state index contributed by atoms with van der Waals surface area (Å²) in [5.74, 6) is 0.552. The fourth-order valence-corrected chi connectivity index (χ4v) is 4.05. The molecule has 1 heterocycles. The van der Waals surface area contributed by atoms with Crippen LogP contribution in [0, 0.1) is 11.3 Å². The molecule has 188 valence electrons. The van der Waals surface area contributed by atoms with E-state index in [1.54, 1.807) is 30.5 Å². The standard InChI is InChI=1S/C24H24Cl2N6O3S/c1-24(2,19-9-16(11-27)22(20(26)10-19)35-7-6-25)30-14-18(12-28)15-4-5-21-17(8-15)13-29-23(31-21)32-36(3,33)34/h4-5,8-10,12-14H,6-7,28H2,1-3H3,(H,29,31,32)/b18-12+,30-14?. The van der Waals surface area contributed by atoms with Gasteiger partial charge in [0.15, 0.2) is 5.75 Å². The maximum atomic E-state index is 11.4. The van der Waals surface area contributed by atoms with Gasteiger partial charge in [-0.1, -0.05) is 17.7 Å². The minimum atomic E-state index is -3.49. The summed E-state index contributed by atoms with van der Waals surface area (Å²) in [6, 6.07) is 10.9. The van der Waals surface area contributed by atoms with Crippen molar-refractivity contribution < 1.29 is 13.2 Å². The molecule has 0 atom stereocenters. The van der Waals surface area contributed by atoms with Crippen LogP contribution in [-0.2, 0) is 15.6 Å². The number of aliphatic imine (C=N–C) groups is 1. The average Bonchev–Trinajstić information content (AvgIpc) is 2.82. The Morgan fingerprint density at radius 3 is 2.72 bits per heavy atom. The predicted octanol–water partition coefficient (Wildman–Crippen LogP) is 4.45. The van der Waals surface area contributed by atoms with E-state index in [0.29, 0.717) is 38.4 Å². The second kappa shape index (κ2) is 11.1. The molecule has 12 heteroatoms. The Bertz CT molecular complexity index is 1500. The Labute approximate surface area is 219 Å². The summed E-state index contributed by atoms with van der Waals surface area (Å²) in [6.45, 7) is 4.00. The van der Waals surface area contributed by atoms with Gasteiger partial charge in [-0.25, -0.2) is 18.4 Å². The molecular weight excluding hydrogens is 523 g/mol. The third-order valence-electron chi connectivity index (χ3n) is 5.09. The van der Waals surface area contributed by atoms with Crippen LogP contribution in [0.1, 0.15) is 30.5 Å². The van der Waals surface area contributed by atoms with E-state index in [1.165, 1.54) is 12.4 Å². The molecule has 36 heavy (non-hydrogen) atoms. The van der Waals surface area contributed by atoms with E-state index in [1.807, 2.05) is 19.9 Å². The molecule has 1 aromatic heterocycles. The minimum absolute atomic E-state index is 0.00914. The third kappa shape index (κ3) is 6.63. The van der Waals surface area contributed by atoms with Crippen LogP contribution in [0.15, 0.2) is 47.7 Å². The summed E-state index contributed by atoms with van der Waals surface area (Å²) in [6.07, 6.45) is 5.62. The summed E-state index contributed by atoms with van der Waals surface area (Å²) in [5.41, 5.74) is 8.11. The van der Waals surface area contributed by atoms with Crippen LogP contribution in [0.25, 0.3) is 16.5 Å². The first-order chi connectivity index (χ1) is 17.0. The summed E-state index contributed by atoms with van der Waals surface area (Å²) >= 11 is 12.1. The van der Waals surface area contributed by atoms with E-state index >= 15 is 0 Å². The average molecular weight is 547 g/mol. The number of anilines is 1. The third-order valence-corrected chi connectivity index (χ3v) is 6.08. The lowest BCUT2D eigenvalue weighted by atomic mass is 9.93. The summed E-state index contributed by atoms with van der Waals surface area (Å²) in [5, 5.41) is 10.6. The first-order valence-corrected chi connectivity index (χ1v) is 13.4. The Kier molecular flexibility index (Phi) is 8.40. The van der Waals surface area contributed by atoms with Crippen molar-refractivity contribution in [2.45, 2.75) is 19.4 Å². The molecule has 0 aliphatic carbocycles. The number of alkyl halides is 1. The summed E-state index contributed by atoms with van der Waals surface area (Å²) < 4.78 is 30.6. The van der Waals surface area contributed by atoms with Crippen molar-refractivity contribution in [1.82, 2.24) is 9.97 Å². The topological polar surface area (TPSA) is 143 Å². The number of nitrogens with two attached hydrogens (primary N) is 1. The Balaban J connectivity index is 1.90. The van der Waals surface area contributed by atoms with E-state index in [4.69, 9.17) is 38.7 Å². The van der Waals surface area contributed by atoms with Crippen LogP contribution >= 0.6 is 23.2 Å². The number of rotatable bonds is 9. The van der Waals surface area contributed by atoms with E-state index in [9.17, 15) is 13.7 Å². The molecule has 3 aromatic rings. The van der Waals surface area contributed by atoms with Gasteiger partial charge in [0.05, 0.1) is 33.8 Å². The van der Waals surface area contributed by atoms with Gasteiger partial charge in [-0.3, -0.25) is 9.71 Å². The number of benzene rings is 2. The molecule has 0 bridgehead atoms. The first kappa shape index (κ1) is 27.2. The van der Waals surface area contributed by atoms with Crippen molar-refractivity contribution in [1.29, 1.82) is 5.26 Å². The number of hydrogen-bond donors (Lipinski definition) is 2. The van der Waals surface area contributed by atoms with E-state index < -0.39 is 15.6 Å². The molecule has 0 spiro atoms. The van der Waals surface area contributed by atoms with E-state index in [2.05, 4.69) is 20.8 Å². The van der Waals surface area contributed by atoms with Gasteiger partial charge in [-0.15, -0.1) is 11.6 Å². The fraction of sp³-hybridized carbons (Fsp3) is 0.250. The highest BCUT2D eigenvalue weighted by Crippen LogP contribution is 2.35. The van der Waals surface area contributed by atoms with Crippen molar-refractivity contribution >= 4 is 61.9 Å². The van der Waals surface area contributed by atoms with Crippen LogP contribution in [0.2, 0.25) is 5.02 Å². The SMILES string of the molecule is CC(C)(N=C/C(=C\N)c1ccc2nc(NS(C)(=O)=O)ncc2c1)c1cc(Cl)c(OCCCl)c(C#N)c1. The zero-order valence-corrected chi connectivity index (χ0v) is 22.1. The number of sulfonamides is 1. The van der Waals surface area contributed by atoms with Gasteiger partial charge in [0.2, 0.25) is 16.0 Å². The number of ether oxygens (including phenoxy) is 1. The van der Waals surface area contributed by atoms with Crippen molar-refractivity contribution in [3.63, 3.8) is 0 Å². The number of fused-ring (bicyclic) bond motifs is 1. The van der Waals surface area contributed by atoms with Gasteiger partial charge in [0.1, 0.15) is 12.7 Å². The molecule has 3 rings (SSSR count). The molecular formula is C24H24Cl2N6O3S. The Hall–Kier alpha value is -3.39. The Morgan fingerprint density at radius 2 is 2.08 bits per heavy atom. The highest BCUT2D eigenvalue weighted by molar-refractivity contribution is 7.91. The molecule has 0 saturated carbocycles. The second-order valence-electron chi connectivity index (χ2n) is 8.26. The largest absolute Gasteiger partial charge is 0.489 e. The number of hydrogen-bond acceptors (Lipinski definition) is 8. The quantitative estimate of drug-likeness (QED) is 0.298. The molecule has 0 saturated heterocycles. The zero-order chi connectivity index (χ0) is 26.5. The van der Waals surface area contributed by atoms with Crippen molar-refractivity contribution in [3.05, 3.63) is 64.4 Å². The number of allylic oxidation sites excluding steroid dienone is 1. The minimum Gasteiger partial charge on any atom is -0.489 e. The second-order valence-corrected chi connectivity index (χ2v) is 10.8. The summed E-state index contributed by atoms with van der Waals surface area (Å²) in [4.78, 5) is 13.0. The predicted molar refractivity (Wildman–Crippen MR) is 144 cm³/mol. The lowest BCUT2D eigenvalue weighted by Gasteiger charge is -2.22. The van der Waals surface area contributed by atoms with Crippen LogP contribution in [0.4, 0.5) is 5.95 Å². The summed E-state index contributed by atoms with van der Waals surface area (Å²) in [7, 11) is -3.49. The number of nitrogens with one attached hydrogen (secondary N) is 1. The van der Waals surface area contributed by atoms with Crippen molar-refractivity contribution in [2.24, 2.45) is 10.7 Å². The zero-order valence-electron chi connectivity index (χ0n) is 19.8. The van der Waals surface area contributed by atoms with Gasteiger partial charge >= 0.3 is 0 Å². The van der Waals surface area contributed by atoms with Crippen LogP contribution in [0.5, 0.6) is 5.75 Å². The lowest BCUT2D eigenvalue weighted by Crippen LogP contribution is -2.15. The van der Waals surface area contributed by atoms with Gasteiger partial charge in [-0.05, 0) is 49.2 Å². The van der Waals surface area contributed by atoms with Gasteiger partial charge < -0.3 is 10.5 Å². The number of nitriles is 1. The van der Waals surface area contributed by atoms with Gasteiger partial charge in [0, 0.05) is 29.6 Å². The monoisotopic (exact) mass is 546 g/mol. The molecule has 0 unspecified atom stereocenters.